The number of nitriles is 1. The van der Waals surface area contributed by atoms with E-state index in [0.29, 0.717) is 19.5 Å². The molecule has 1 aliphatic carbocycles. The molecule has 1 atom stereocenters. The van der Waals surface area contributed by atoms with Gasteiger partial charge in [-0.3, -0.25) is 4.79 Å². The molecule has 1 saturated heterocycles. The summed E-state index contributed by atoms with van der Waals surface area (Å²) in [5.41, 5.74) is 4.97. The number of rotatable bonds is 4. The van der Waals surface area contributed by atoms with Crippen LogP contribution in [0.4, 0.5) is 8.78 Å². The second-order valence-corrected chi connectivity index (χ2v) is 7.03. The molecule has 24 heavy (non-hydrogen) atoms. The zero-order valence-corrected chi connectivity index (χ0v) is 13.5. The van der Waals surface area contributed by atoms with Crippen LogP contribution in [0.1, 0.15) is 30.4 Å². The average Bonchev–Trinajstić information content (AvgIpc) is 3.01. The number of hydrogen-bond donors (Lipinski definition) is 1. The van der Waals surface area contributed by atoms with Crippen molar-refractivity contribution in [3.63, 3.8) is 0 Å². The molecule has 1 heterocycles. The molecule has 0 bridgehead atoms. The lowest BCUT2D eigenvalue weighted by molar-refractivity contribution is -0.143. The average molecular weight is 333 g/mol. The molecule has 2 fully saturated rings. The predicted octanol–water partition coefficient (Wildman–Crippen LogP) is 2.17. The summed E-state index contributed by atoms with van der Waals surface area (Å²) in [7, 11) is 0. The van der Waals surface area contributed by atoms with Crippen molar-refractivity contribution in [3.8, 4) is 6.07 Å². The number of carbonyl (C=O) groups excluding carboxylic acids is 1. The molecule has 1 unspecified atom stereocenters. The zero-order valence-electron chi connectivity index (χ0n) is 13.5. The summed E-state index contributed by atoms with van der Waals surface area (Å²) in [6, 6.07) is 6.42. The predicted molar refractivity (Wildman–Crippen MR) is 85.1 cm³/mol. The molecule has 0 spiro atoms. The molecular weight excluding hydrogens is 312 g/mol. The van der Waals surface area contributed by atoms with Crippen LogP contribution in [0.2, 0.25) is 0 Å². The van der Waals surface area contributed by atoms with Crippen molar-refractivity contribution < 1.29 is 13.6 Å². The fourth-order valence-electron chi connectivity index (χ4n) is 3.74. The molecule has 1 amide bonds. The zero-order chi connectivity index (χ0) is 17.3. The second-order valence-electron chi connectivity index (χ2n) is 7.03. The number of halogens is 2. The lowest BCUT2D eigenvalue weighted by Gasteiger charge is -2.41. The first-order valence-corrected chi connectivity index (χ1v) is 8.30. The summed E-state index contributed by atoms with van der Waals surface area (Å²) in [5.74, 6) is -0.441. The molecule has 2 N–H and O–H groups in total. The van der Waals surface area contributed by atoms with Crippen LogP contribution < -0.4 is 5.73 Å². The largest absolute Gasteiger partial charge is 0.342 e. The Hall–Kier alpha value is -2.00. The number of nitrogens with zero attached hydrogens (tertiary/aromatic N) is 2. The van der Waals surface area contributed by atoms with Crippen LogP contribution in [0, 0.1) is 29.0 Å². The van der Waals surface area contributed by atoms with Crippen LogP contribution in [0.15, 0.2) is 18.2 Å². The van der Waals surface area contributed by atoms with E-state index in [1.165, 1.54) is 6.07 Å². The molecule has 0 aromatic heterocycles. The maximum absolute atomic E-state index is 13.8. The van der Waals surface area contributed by atoms with Crippen LogP contribution in [-0.4, -0.2) is 36.1 Å². The maximum Gasteiger partial charge on any atom is 0.225 e. The van der Waals surface area contributed by atoms with Crippen molar-refractivity contribution in [1.82, 2.24) is 4.90 Å². The summed E-state index contributed by atoms with van der Waals surface area (Å²) in [6.45, 7) is 1.29. The molecule has 6 heteroatoms. The Bertz CT molecular complexity index is 679. The van der Waals surface area contributed by atoms with Gasteiger partial charge in [-0.25, -0.2) is 8.78 Å². The van der Waals surface area contributed by atoms with E-state index in [1.54, 1.807) is 17.0 Å². The van der Waals surface area contributed by atoms with Gasteiger partial charge in [-0.1, -0.05) is 6.07 Å². The van der Waals surface area contributed by atoms with Crippen LogP contribution in [0.3, 0.4) is 0 Å². The number of amides is 1. The molecule has 1 saturated carbocycles. The highest BCUT2D eigenvalue weighted by atomic mass is 19.1. The monoisotopic (exact) mass is 333 g/mol. The van der Waals surface area contributed by atoms with Crippen molar-refractivity contribution in [2.24, 2.45) is 17.6 Å². The lowest BCUT2D eigenvalue weighted by Crippen LogP contribution is -2.51. The van der Waals surface area contributed by atoms with E-state index < -0.39 is 11.5 Å². The van der Waals surface area contributed by atoms with E-state index in [4.69, 9.17) is 11.0 Å². The Kier molecular flexibility index (Phi) is 4.55. The van der Waals surface area contributed by atoms with Gasteiger partial charge in [-0.05, 0) is 49.3 Å². The van der Waals surface area contributed by atoms with Gasteiger partial charge in [0.15, 0.2) is 0 Å². The Morgan fingerprint density at radius 1 is 1.46 bits per heavy atom. The Labute approximate surface area is 140 Å². The quantitative estimate of drug-likeness (QED) is 0.918. The van der Waals surface area contributed by atoms with Gasteiger partial charge < -0.3 is 10.6 Å². The highest BCUT2D eigenvalue weighted by Gasteiger charge is 2.48. The Balaban J connectivity index is 1.54. The maximum atomic E-state index is 13.8. The summed E-state index contributed by atoms with van der Waals surface area (Å²) in [4.78, 5) is 14.2. The van der Waals surface area contributed by atoms with E-state index >= 15 is 0 Å². The topological polar surface area (TPSA) is 70.1 Å². The van der Waals surface area contributed by atoms with Gasteiger partial charge in [0.2, 0.25) is 5.91 Å². The Morgan fingerprint density at radius 2 is 2.21 bits per heavy atom. The fourth-order valence-corrected chi connectivity index (χ4v) is 3.74. The first-order chi connectivity index (χ1) is 11.4. The minimum atomic E-state index is -1.36. The highest BCUT2D eigenvalue weighted by Crippen LogP contribution is 2.42. The smallest absolute Gasteiger partial charge is 0.225 e. The third-order valence-electron chi connectivity index (χ3n) is 5.21. The molecule has 1 aliphatic heterocycles. The minimum absolute atomic E-state index is 0.0226. The number of hydrogen-bond acceptors (Lipinski definition) is 3. The first-order valence-electron chi connectivity index (χ1n) is 8.30. The van der Waals surface area contributed by atoms with Gasteiger partial charge in [0.1, 0.15) is 17.6 Å². The standard InChI is InChI=1S/C18H21F2N3O/c19-16-2-1-12(6-14(16)9-21)5-13-3-4-23(10-13)17(24)15-7-18(20,8-15)11-22/h1-2,6,13,15H,3-5,7-8,10-11,22H2. The van der Waals surface area contributed by atoms with Crippen LogP contribution in [-0.2, 0) is 11.2 Å². The van der Waals surface area contributed by atoms with Crippen LogP contribution in [0.25, 0.3) is 0 Å². The van der Waals surface area contributed by atoms with Crippen LogP contribution >= 0.6 is 0 Å². The van der Waals surface area contributed by atoms with Gasteiger partial charge in [-0.15, -0.1) is 0 Å². The number of benzene rings is 1. The van der Waals surface area contributed by atoms with Crippen molar-refractivity contribution >= 4 is 5.91 Å². The summed E-state index contributed by atoms with van der Waals surface area (Å²) in [5, 5.41) is 8.89. The summed E-state index contributed by atoms with van der Waals surface area (Å²) in [6.07, 6.45) is 2.04. The molecule has 0 radical (unpaired) electrons. The van der Waals surface area contributed by atoms with E-state index in [-0.39, 0.29) is 42.7 Å². The van der Waals surface area contributed by atoms with Crippen molar-refractivity contribution in [2.75, 3.05) is 19.6 Å². The minimum Gasteiger partial charge on any atom is -0.342 e. The second kappa shape index (κ2) is 6.48. The van der Waals surface area contributed by atoms with Gasteiger partial charge >= 0.3 is 0 Å². The molecule has 128 valence electrons. The SMILES string of the molecule is N#Cc1cc(CC2CCN(C(=O)C3CC(F)(CN)C3)C2)ccc1F. The van der Waals surface area contributed by atoms with Crippen molar-refractivity contribution in [1.29, 1.82) is 5.26 Å². The fraction of sp³-hybridized carbons (Fsp3) is 0.556. The first kappa shape index (κ1) is 16.8. The number of carbonyl (C=O) groups is 1. The van der Waals surface area contributed by atoms with Gasteiger partial charge in [0, 0.05) is 25.6 Å². The highest BCUT2D eigenvalue weighted by molar-refractivity contribution is 5.80. The van der Waals surface area contributed by atoms with E-state index in [9.17, 15) is 13.6 Å². The van der Waals surface area contributed by atoms with E-state index in [2.05, 4.69) is 0 Å². The molecule has 1 aromatic rings. The molecule has 3 rings (SSSR count). The number of nitrogens with two attached hydrogens (primary N) is 1. The number of alkyl halides is 1. The van der Waals surface area contributed by atoms with E-state index in [0.717, 1.165) is 12.0 Å². The normalized spacial score (nSPS) is 29.2. The van der Waals surface area contributed by atoms with E-state index in [1.807, 2.05) is 6.07 Å². The molecular formula is C18H21F2N3O. The van der Waals surface area contributed by atoms with Crippen LogP contribution in [0.5, 0.6) is 0 Å². The van der Waals surface area contributed by atoms with Gasteiger partial charge in [0.25, 0.3) is 0 Å². The van der Waals surface area contributed by atoms with Crippen molar-refractivity contribution in [3.05, 3.63) is 35.1 Å². The third-order valence-corrected chi connectivity index (χ3v) is 5.21. The summed E-state index contributed by atoms with van der Waals surface area (Å²) < 4.78 is 27.2. The summed E-state index contributed by atoms with van der Waals surface area (Å²) >= 11 is 0. The van der Waals surface area contributed by atoms with Gasteiger partial charge in [-0.2, -0.15) is 5.26 Å². The number of likely N-dealkylation sites (tertiary alicyclic amines) is 1. The molecule has 4 nitrogen and oxygen atoms in total. The third kappa shape index (κ3) is 3.27. The molecule has 1 aromatic carbocycles. The van der Waals surface area contributed by atoms with Crippen molar-refractivity contribution in [2.45, 2.75) is 31.4 Å². The Morgan fingerprint density at radius 3 is 2.88 bits per heavy atom. The van der Waals surface area contributed by atoms with Gasteiger partial charge in [0.05, 0.1) is 5.56 Å². The lowest BCUT2D eigenvalue weighted by atomic mass is 9.71. The molecule has 2 aliphatic rings.